The van der Waals surface area contributed by atoms with E-state index in [1.54, 1.807) is 31.0 Å². The van der Waals surface area contributed by atoms with E-state index in [4.69, 9.17) is 0 Å². The van der Waals surface area contributed by atoms with Gasteiger partial charge in [-0.3, -0.25) is 4.68 Å². The Morgan fingerprint density at radius 2 is 2.25 bits per heavy atom. The summed E-state index contributed by atoms with van der Waals surface area (Å²) in [7, 11) is -1.15. The van der Waals surface area contributed by atoms with Gasteiger partial charge in [-0.15, -0.1) is 0 Å². The smallest absolute Gasteiger partial charge is 0.150 e. The van der Waals surface area contributed by atoms with Crippen LogP contribution in [0.15, 0.2) is 12.4 Å². The minimum absolute atomic E-state index is 0.140. The van der Waals surface area contributed by atoms with Gasteiger partial charge in [0.1, 0.15) is 9.84 Å². The van der Waals surface area contributed by atoms with Crippen molar-refractivity contribution in [2.24, 2.45) is 7.05 Å². The molecule has 6 heteroatoms. The quantitative estimate of drug-likeness (QED) is 0.800. The zero-order valence-corrected chi connectivity index (χ0v) is 10.4. The van der Waals surface area contributed by atoms with E-state index in [-0.39, 0.29) is 11.5 Å². The molecule has 0 saturated carbocycles. The minimum atomic E-state index is -2.92. The zero-order chi connectivity index (χ0) is 12.2. The lowest BCUT2D eigenvalue weighted by atomic mass is 10.1. The van der Waals surface area contributed by atoms with Crippen molar-refractivity contribution in [2.75, 3.05) is 11.5 Å². The molecule has 0 amide bonds. The van der Waals surface area contributed by atoms with Gasteiger partial charge in [0.15, 0.2) is 0 Å². The first-order valence-corrected chi connectivity index (χ1v) is 7.14. The molecule has 1 unspecified atom stereocenters. The Bertz CT molecular complexity index is 425. The van der Waals surface area contributed by atoms with Gasteiger partial charge in [-0.1, -0.05) is 6.92 Å². The number of rotatable bonds is 6. The molecular formula is C10H18N2O3S. The summed E-state index contributed by atoms with van der Waals surface area (Å²) in [6, 6.07) is 0. The van der Waals surface area contributed by atoms with Crippen LogP contribution in [0.2, 0.25) is 0 Å². The van der Waals surface area contributed by atoms with E-state index >= 15 is 0 Å². The number of sulfone groups is 1. The summed E-state index contributed by atoms with van der Waals surface area (Å²) in [6.07, 6.45) is 3.63. The number of hydrogen-bond acceptors (Lipinski definition) is 4. The predicted octanol–water partition coefficient (Wildman–Crippen LogP) is 0.668. The maximum absolute atomic E-state index is 11.2. The SMILES string of the molecule is CCS(=O)(=O)CCCC(O)c1cnn(C)c1. The van der Waals surface area contributed by atoms with Crippen LogP contribution >= 0.6 is 0 Å². The fraction of sp³-hybridized carbons (Fsp3) is 0.700. The van der Waals surface area contributed by atoms with Crippen molar-refractivity contribution < 1.29 is 13.5 Å². The van der Waals surface area contributed by atoms with Gasteiger partial charge in [-0.2, -0.15) is 5.10 Å². The molecule has 1 aromatic rings. The molecule has 1 atom stereocenters. The van der Waals surface area contributed by atoms with E-state index in [1.807, 2.05) is 0 Å². The predicted molar refractivity (Wildman–Crippen MR) is 61.7 cm³/mol. The van der Waals surface area contributed by atoms with Crippen molar-refractivity contribution in [3.8, 4) is 0 Å². The molecule has 1 aromatic heterocycles. The van der Waals surface area contributed by atoms with Crippen LogP contribution in [0.4, 0.5) is 0 Å². The minimum Gasteiger partial charge on any atom is -0.388 e. The van der Waals surface area contributed by atoms with Gasteiger partial charge in [-0.05, 0) is 12.8 Å². The fourth-order valence-corrected chi connectivity index (χ4v) is 2.31. The Labute approximate surface area is 96.0 Å². The van der Waals surface area contributed by atoms with Crippen LogP contribution in [0.1, 0.15) is 31.4 Å². The third-order valence-electron chi connectivity index (χ3n) is 2.48. The Morgan fingerprint density at radius 1 is 1.56 bits per heavy atom. The number of aliphatic hydroxyl groups excluding tert-OH is 1. The van der Waals surface area contributed by atoms with E-state index < -0.39 is 15.9 Å². The van der Waals surface area contributed by atoms with Crippen LogP contribution in [-0.4, -0.2) is 34.8 Å². The van der Waals surface area contributed by atoms with Crippen LogP contribution < -0.4 is 0 Å². The number of aryl methyl sites for hydroxylation is 1. The van der Waals surface area contributed by atoms with Crippen LogP contribution in [-0.2, 0) is 16.9 Å². The lowest BCUT2D eigenvalue weighted by molar-refractivity contribution is 0.166. The van der Waals surface area contributed by atoms with Crippen molar-refractivity contribution in [2.45, 2.75) is 25.9 Å². The highest BCUT2D eigenvalue weighted by molar-refractivity contribution is 7.91. The zero-order valence-electron chi connectivity index (χ0n) is 9.63. The monoisotopic (exact) mass is 246 g/mol. The molecule has 16 heavy (non-hydrogen) atoms. The molecule has 0 spiro atoms. The molecular weight excluding hydrogens is 228 g/mol. The number of nitrogens with zero attached hydrogens (tertiary/aromatic N) is 2. The normalized spacial score (nSPS) is 13.9. The lowest BCUT2D eigenvalue weighted by Crippen LogP contribution is -2.09. The van der Waals surface area contributed by atoms with E-state index in [0.717, 1.165) is 5.56 Å². The Balaban J connectivity index is 2.39. The largest absolute Gasteiger partial charge is 0.388 e. The summed E-state index contributed by atoms with van der Waals surface area (Å²) in [6.45, 7) is 1.63. The third-order valence-corrected chi connectivity index (χ3v) is 4.27. The van der Waals surface area contributed by atoms with Crippen molar-refractivity contribution in [3.05, 3.63) is 18.0 Å². The van der Waals surface area contributed by atoms with Crippen molar-refractivity contribution in [1.82, 2.24) is 9.78 Å². The standard InChI is InChI=1S/C10H18N2O3S/c1-3-16(14,15)6-4-5-10(13)9-7-11-12(2)8-9/h7-8,10,13H,3-6H2,1-2H3. The summed E-state index contributed by atoms with van der Waals surface area (Å²) < 4.78 is 24.1. The number of aliphatic hydroxyl groups is 1. The second kappa shape index (κ2) is 5.45. The summed E-state index contributed by atoms with van der Waals surface area (Å²) >= 11 is 0. The molecule has 0 fully saturated rings. The average Bonchev–Trinajstić information content (AvgIpc) is 2.64. The molecule has 0 radical (unpaired) electrons. The van der Waals surface area contributed by atoms with Crippen molar-refractivity contribution >= 4 is 9.84 Å². The molecule has 92 valence electrons. The van der Waals surface area contributed by atoms with Crippen LogP contribution in [0.25, 0.3) is 0 Å². The number of aromatic nitrogens is 2. The third kappa shape index (κ3) is 3.94. The molecule has 0 aromatic carbocycles. The van der Waals surface area contributed by atoms with E-state index in [9.17, 15) is 13.5 Å². The van der Waals surface area contributed by atoms with Crippen LogP contribution in [0, 0.1) is 0 Å². The van der Waals surface area contributed by atoms with Gasteiger partial charge in [0.05, 0.1) is 18.1 Å². The molecule has 1 N–H and O–H groups in total. The molecule has 5 nitrogen and oxygen atoms in total. The molecule has 1 heterocycles. The average molecular weight is 246 g/mol. The van der Waals surface area contributed by atoms with Crippen molar-refractivity contribution in [3.63, 3.8) is 0 Å². The first-order valence-electron chi connectivity index (χ1n) is 5.31. The Hall–Kier alpha value is -0.880. The highest BCUT2D eigenvalue weighted by Gasteiger charge is 2.12. The highest BCUT2D eigenvalue weighted by atomic mass is 32.2. The molecule has 0 aliphatic carbocycles. The molecule has 0 saturated heterocycles. The summed E-state index contributed by atoms with van der Waals surface area (Å²) in [5.41, 5.74) is 0.733. The molecule has 0 aliphatic heterocycles. The lowest BCUT2D eigenvalue weighted by Gasteiger charge is -2.07. The first-order chi connectivity index (χ1) is 7.44. The molecule has 0 bridgehead atoms. The van der Waals surface area contributed by atoms with Crippen LogP contribution in [0.5, 0.6) is 0 Å². The maximum Gasteiger partial charge on any atom is 0.150 e. The van der Waals surface area contributed by atoms with Gasteiger partial charge >= 0.3 is 0 Å². The highest BCUT2D eigenvalue weighted by Crippen LogP contribution is 2.17. The first kappa shape index (κ1) is 13.2. The second-order valence-electron chi connectivity index (χ2n) is 3.84. The fourth-order valence-electron chi connectivity index (χ4n) is 1.42. The van der Waals surface area contributed by atoms with Crippen molar-refractivity contribution in [1.29, 1.82) is 0 Å². The Kier molecular flexibility index (Phi) is 4.49. The Morgan fingerprint density at radius 3 is 2.75 bits per heavy atom. The van der Waals surface area contributed by atoms with Gasteiger partial charge < -0.3 is 5.11 Å². The van der Waals surface area contributed by atoms with Gasteiger partial charge in [-0.25, -0.2) is 8.42 Å². The summed E-state index contributed by atoms with van der Waals surface area (Å²) in [5.74, 6) is 0.302. The summed E-state index contributed by atoms with van der Waals surface area (Å²) in [4.78, 5) is 0. The molecule has 0 aliphatic rings. The summed E-state index contributed by atoms with van der Waals surface area (Å²) in [5, 5.41) is 13.7. The van der Waals surface area contributed by atoms with E-state index in [0.29, 0.717) is 12.8 Å². The number of hydrogen-bond donors (Lipinski definition) is 1. The van der Waals surface area contributed by atoms with Crippen LogP contribution in [0.3, 0.4) is 0 Å². The maximum atomic E-state index is 11.2. The van der Waals surface area contributed by atoms with Gasteiger partial charge in [0, 0.05) is 24.6 Å². The van der Waals surface area contributed by atoms with Gasteiger partial charge in [0.25, 0.3) is 0 Å². The topological polar surface area (TPSA) is 72.2 Å². The molecule has 1 rings (SSSR count). The van der Waals surface area contributed by atoms with E-state index in [2.05, 4.69) is 5.10 Å². The van der Waals surface area contributed by atoms with Gasteiger partial charge in [0.2, 0.25) is 0 Å². The second-order valence-corrected chi connectivity index (χ2v) is 6.31. The van der Waals surface area contributed by atoms with E-state index in [1.165, 1.54) is 0 Å².